The van der Waals surface area contributed by atoms with Crippen molar-refractivity contribution < 1.29 is 4.79 Å². The zero-order valence-corrected chi connectivity index (χ0v) is 14.4. The largest absolute Gasteiger partial charge is 0.325 e. The number of amides is 1. The van der Waals surface area contributed by atoms with E-state index in [1.165, 1.54) is 33.4 Å². The Balaban J connectivity index is 1.62. The highest BCUT2D eigenvalue weighted by Crippen LogP contribution is 2.25. The van der Waals surface area contributed by atoms with Crippen LogP contribution in [0.5, 0.6) is 0 Å². The maximum atomic E-state index is 12.3. The number of fused-ring (bicyclic) bond motifs is 1. The van der Waals surface area contributed by atoms with Crippen molar-refractivity contribution in [2.24, 2.45) is 0 Å². The minimum atomic E-state index is 0.0505. The number of carbonyl (C=O) groups is 1. The Hall–Kier alpha value is -2.13. The number of hydrogen-bond acceptors (Lipinski definition) is 2. The first-order chi connectivity index (χ1) is 10.9. The standard InChI is InChI=1S/C20H24N2O/c1-13-5-6-19(9-16(13)4)21-20(23)12-22-10-17-7-14(2)15(3)8-18(17)11-22/h5-9H,10-12H2,1-4H3,(H,21,23). The van der Waals surface area contributed by atoms with Gasteiger partial charge in [0.25, 0.3) is 0 Å². The number of hydrogen-bond donors (Lipinski definition) is 1. The van der Waals surface area contributed by atoms with Crippen LogP contribution in [0.4, 0.5) is 5.69 Å². The van der Waals surface area contributed by atoms with E-state index in [4.69, 9.17) is 0 Å². The number of nitrogens with one attached hydrogen (secondary N) is 1. The van der Waals surface area contributed by atoms with E-state index in [0.29, 0.717) is 6.54 Å². The molecule has 0 radical (unpaired) electrons. The fourth-order valence-corrected chi connectivity index (χ4v) is 3.10. The molecule has 0 atom stereocenters. The smallest absolute Gasteiger partial charge is 0.238 e. The van der Waals surface area contributed by atoms with Crippen LogP contribution in [-0.4, -0.2) is 17.4 Å². The molecule has 3 nitrogen and oxygen atoms in total. The summed E-state index contributed by atoms with van der Waals surface area (Å²) in [6, 6.07) is 10.5. The van der Waals surface area contributed by atoms with Gasteiger partial charge in [0.05, 0.1) is 6.54 Å². The summed E-state index contributed by atoms with van der Waals surface area (Å²) in [7, 11) is 0. The molecule has 3 heteroatoms. The van der Waals surface area contributed by atoms with E-state index in [9.17, 15) is 4.79 Å². The van der Waals surface area contributed by atoms with Gasteiger partial charge >= 0.3 is 0 Å². The van der Waals surface area contributed by atoms with Crippen LogP contribution >= 0.6 is 0 Å². The van der Waals surface area contributed by atoms with E-state index in [1.807, 2.05) is 18.2 Å². The van der Waals surface area contributed by atoms with Crippen LogP contribution in [-0.2, 0) is 17.9 Å². The van der Waals surface area contributed by atoms with Gasteiger partial charge in [-0.25, -0.2) is 0 Å². The number of rotatable bonds is 3. The lowest BCUT2D eigenvalue weighted by Gasteiger charge is -2.15. The zero-order valence-electron chi connectivity index (χ0n) is 14.4. The van der Waals surface area contributed by atoms with Gasteiger partial charge in [0.1, 0.15) is 0 Å². The first-order valence-corrected chi connectivity index (χ1v) is 8.11. The summed E-state index contributed by atoms with van der Waals surface area (Å²) in [4.78, 5) is 14.5. The molecule has 0 bridgehead atoms. The van der Waals surface area contributed by atoms with Gasteiger partial charge in [-0.3, -0.25) is 9.69 Å². The normalized spacial score (nSPS) is 13.9. The average molecular weight is 308 g/mol. The summed E-state index contributed by atoms with van der Waals surface area (Å²) in [6.45, 7) is 10.6. The minimum absolute atomic E-state index is 0.0505. The Morgan fingerprint density at radius 2 is 1.48 bits per heavy atom. The summed E-state index contributed by atoms with van der Waals surface area (Å²) < 4.78 is 0. The Kier molecular flexibility index (Phi) is 4.22. The Labute approximate surface area is 138 Å². The molecule has 0 aromatic heterocycles. The maximum absolute atomic E-state index is 12.3. The zero-order chi connectivity index (χ0) is 16.6. The molecule has 1 aliphatic rings. The van der Waals surface area contributed by atoms with Crippen LogP contribution in [0.3, 0.4) is 0 Å². The molecule has 1 aliphatic heterocycles. The van der Waals surface area contributed by atoms with Crippen molar-refractivity contribution in [1.29, 1.82) is 0 Å². The van der Waals surface area contributed by atoms with Crippen LogP contribution in [0.15, 0.2) is 30.3 Å². The van der Waals surface area contributed by atoms with Gasteiger partial charge < -0.3 is 5.32 Å². The molecule has 120 valence electrons. The Bertz CT molecular complexity index is 733. The van der Waals surface area contributed by atoms with Gasteiger partial charge in [-0.05, 0) is 73.2 Å². The molecule has 0 unspecified atom stereocenters. The van der Waals surface area contributed by atoms with Crippen molar-refractivity contribution >= 4 is 11.6 Å². The Morgan fingerprint density at radius 3 is 2.04 bits per heavy atom. The van der Waals surface area contributed by atoms with Crippen molar-refractivity contribution in [3.8, 4) is 0 Å². The molecule has 3 rings (SSSR count). The summed E-state index contributed by atoms with van der Waals surface area (Å²) in [5, 5.41) is 3.01. The van der Waals surface area contributed by atoms with Crippen molar-refractivity contribution in [1.82, 2.24) is 4.90 Å². The second kappa shape index (κ2) is 6.17. The minimum Gasteiger partial charge on any atom is -0.325 e. The molecule has 2 aromatic rings. The molecule has 0 saturated carbocycles. The van der Waals surface area contributed by atoms with Crippen LogP contribution < -0.4 is 5.32 Å². The fourth-order valence-electron chi connectivity index (χ4n) is 3.10. The van der Waals surface area contributed by atoms with Crippen molar-refractivity contribution in [2.45, 2.75) is 40.8 Å². The lowest BCUT2D eigenvalue weighted by atomic mass is 10.0. The molecular formula is C20H24N2O. The third-order valence-electron chi connectivity index (χ3n) is 4.76. The lowest BCUT2D eigenvalue weighted by molar-refractivity contribution is -0.117. The second-order valence-corrected chi connectivity index (χ2v) is 6.70. The molecule has 0 aliphatic carbocycles. The Morgan fingerprint density at radius 1 is 0.913 bits per heavy atom. The lowest BCUT2D eigenvalue weighted by Crippen LogP contribution is -2.29. The number of nitrogens with zero attached hydrogens (tertiary/aromatic N) is 1. The molecule has 0 spiro atoms. The second-order valence-electron chi connectivity index (χ2n) is 6.70. The van der Waals surface area contributed by atoms with Gasteiger partial charge in [-0.1, -0.05) is 18.2 Å². The van der Waals surface area contributed by atoms with Crippen LogP contribution in [0.25, 0.3) is 0 Å². The van der Waals surface area contributed by atoms with E-state index in [2.05, 4.69) is 50.0 Å². The molecule has 0 saturated heterocycles. The molecule has 23 heavy (non-hydrogen) atoms. The highest BCUT2D eigenvalue weighted by atomic mass is 16.2. The highest BCUT2D eigenvalue weighted by molar-refractivity contribution is 5.92. The summed E-state index contributed by atoms with van der Waals surface area (Å²) in [6.07, 6.45) is 0. The van der Waals surface area contributed by atoms with Crippen molar-refractivity contribution in [3.63, 3.8) is 0 Å². The van der Waals surface area contributed by atoms with E-state index in [1.54, 1.807) is 0 Å². The number of anilines is 1. The maximum Gasteiger partial charge on any atom is 0.238 e. The SMILES string of the molecule is Cc1ccc(NC(=O)CN2Cc3cc(C)c(C)cc3C2)cc1C. The topological polar surface area (TPSA) is 32.3 Å². The molecule has 2 aromatic carbocycles. The van der Waals surface area contributed by atoms with E-state index < -0.39 is 0 Å². The van der Waals surface area contributed by atoms with Gasteiger partial charge in [-0.15, -0.1) is 0 Å². The number of aryl methyl sites for hydroxylation is 4. The molecule has 1 N–H and O–H groups in total. The summed E-state index contributed by atoms with van der Waals surface area (Å²) >= 11 is 0. The van der Waals surface area contributed by atoms with Gasteiger partial charge in [0.2, 0.25) is 5.91 Å². The predicted molar refractivity (Wildman–Crippen MR) is 94.6 cm³/mol. The third-order valence-corrected chi connectivity index (χ3v) is 4.76. The van der Waals surface area contributed by atoms with Crippen LogP contribution in [0.1, 0.15) is 33.4 Å². The molecule has 1 amide bonds. The first kappa shape index (κ1) is 15.8. The molecular weight excluding hydrogens is 284 g/mol. The van der Waals surface area contributed by atoms with Gasteiger partial charge in [-0.2, -0.15) is 0 Å². The number of benzene rings is 2. The van der Waals surface area contributed by atoms with E-state index in [0.717, 1.165) is 18.8 Å². The predicted octanol–water partition coefficient (Wildman–Crippen LogP) is 3.87. The quantitative estimate of drug-likeness (QED) is 0.933. The first-order valence-electron chi connectivity index (χ1n) is 8.11. The van der Waals surface area contributed by atoms with Crippen LogP contribution in [0, 0.1) is 27.7 Å². The summed E-state index contributed by atoms with van der Waals surface area (Å²) in [5.41, 5.74) is 8.67. The average Bonchev–Trinajstić information content (AvgIpc) is 2.84. The van der Waals surface area contributed by atoms with E-state index >= 15 is 0 Å². The monoisotopic (exact) mass is 308 g/mol. The van der Waals surface area contributed by atoms with Gasteiger partial charge in [0, 0.05) is 18.8 Å². The van der Waals surface area contributed by atoms with Crippen molar-refractivity contribution in [3.05, 3.63) is 63.7 Å². The third kappa shape index (κ3) is 3.45. The summed E-state index contributed by atoms with van der Waals surface area (Å²) in [5.74, 6) is 0.0505. The molecule has 1 heterocycles. The van der Waals surface area contributed by atoms with E-state index in [-0.39, 0.29) is 5.91 Å². The number of carbonyl (C=O) groups excluding carboxylic acids is 1. The highest BCUT2D eigenvalue weighted by Gasteiger charge is 2.21. The van der Waals surface area contributed by atoms with Crippen molar-refractivity contribution in [2.75, 3.05) is 11.9 Å². The van der Waals surface area contributed by atoms with Gasteiger partial charge in [0.15, 0.2) is 0 Å². The van der Waals surface area contributed by atoms with Crippen LogP contribution in [0.2, 0.25) is 0 Å². The fraction of sp³-hybridized carbons (Fsp3) is 0.350. The molecule has 0 fully saturated rings.